The van der Waals surface area contributed by atoms with Crippen LogP contribution >= 0.6 is 0 Å². The van der Waals surface area contributed by atoms with Gasteiger partial charge in [0.1, 0.15) is 11.5 Å². The second-order valence-electron chi connectivity index (χ2n) is 18.0. The van der Waals surface area contributed by atoms with Gasteiger partial charge in [0.15, 0.2) is 0 Å². The molecule has 65 heavy (non-hydrogen) atoms. The summed E-state index contributed by atoms with van der Waals surface area (Å²) in [7, 11) is 0. The van der Waals surface area contributed by atoms with E-state index in [4.69, 9.17) is 4.74 Å². The van der Waals surface area contributed by atoms with Crippen molar-refractivity contribution in [3.05, 3.63) is 264 Å². The quantitative estimate of drug-likeness (QED) is 0.166. The second kappa shape index (κ2) is 14.2. The average Bonchev–Trinajstić information content (AvgIpc) is 3.81. The number of rotatable bonds is 6. The minimum Gasteiger partial charge on any atom is -0.457 e. The molecule has 3 nitrogen and oxygen atoms in total. The van der Waals surface area contributed by atoms with Gasteiger partial charge in [0.05, 0.1) is 16.4 Å². The van der Waals surface area contributed by atoms with Gasteiger partial charge in [0.2, 0.25) is 0 Å². The number of fused-ring (bicyclic) bond motifs is 9. The summed E-state index contributed by atoms with van der Waals surface area (Å²) in [5.74, 6) is 1.70. The molecule has 0 fully saturated rings. The number of benzene rings is 10. The highest BCUT2D eigenvalue weighted by atomic mass is 16.5. The van der Waals surface area contributed by atoms with E-state index in [-0.39, 0.29) is 5.41 Å². The predicted octanol–water partition coefficient (Wildman–Crippen LogP) is 16.2. The first-order valence-electron chi connectivity index (χ1n) is 22.6. The van der Waals surface area contributed by atoms with Crippen molar-refractivity contribution in [2.75, 3.05) is 4.90 Å². The van der Waals surface area contributed by atoms with Crippen molar-refractivity contribution >= 4 is 49.6 Å². The lowest BCUT2D eigenvalue weighted by Gasteiger charge is -2.42. The highest BCUT2D eigenvalue weighted by molar-refractivity contribution is 6.10. The highest BCUT2D eigenvalue weighted by Crippen LogP contribution is 2.58. The molecule has 0 amide bonds. The Kier molecular flexibility index (Phi) is 8.17. The molecule has 0 radical (unpaired) electrons. The minimum absolute atomic E-state index is 0.117. The minimum atomic E-state index is -0.706. The highest BCUT2D eigenvalue weighted by Gasteiger charge is 2.46. The molecule has 1 atom stereocenters. The third-order valence-corrected chi connectivity index (χ3v) is 14.3. The van der Waals surface area contributed by atoms with Crippen molar-refractivity contribution in [3.8, 4) is 28.3 Å². The first-order chi connectivity index (χ1) is 32.0. The van der Waals surface area contributed by atoms with Crippen LogP contribution in [0.2, 0.25) is 0 Å². The topological polar surface area (TPSA) is 17.4 Å². The van der Waals surface area contributed by atoms with Crippen molar-refractivity contribution in [2.24, 2.45) is 0 Å². The predicted molar refractivity (Wildman–Crippen MR) is 269 cm³/mol. The van der Waals surface area contributed by atoms with E-state index in [0.717, 1.165) is 50.9 Å². The Balaban J connectivity index is 1.06. The van der Waals surface area contributed by atoms with Gasteiger partial charge in [-0.2, -0.15) is 0 Å². The maximum absolute atomic E-state index is 6.94. The summed E-state index contributed by atoms with van der Waals surface area (Å²) in [5.41, 5.74) is 15.8. The van der Waals surface area contributed by atoms with E-state index < -0.39 is 5.41 Å². The molecule has 1 aliphatic heterocycles. The lowest BCUT2D eigenvalue weighted by Crippen LogP contribution is -2.34. The molecule has 1 unspecified atom stereocenters. The molecule has 1 aliphatic carbocycles. The van der Waals surface area contributed by atoms with Gasteiger partial charge in [-0.05, 0) is 111 Å². The van der Waals surface area contributed by atoms with Gasteiger partial charge in [-0.15, -0.1) is 0 Å². The Hall–Kier alpha value is -8.14. The van der Waals surface area contributed by atoms with Gasteiger partial charge < -0.3 is 14.2 Å². The largest absolute Gasteiger partial charge is 0.457 e. The summed E-state index contributed by atoms with van der Waals surface area (Å²) in [4.78, 5) is 2.41. The van der Waals surface area contributed by atoms with E-state index in [2.05, 4.69) is 254 Å². The maximum Gasteiger partial charge on any atom is 0.132 e. The molecular weight excluding hydrogens is 789 g/mol. The number of nitrogens with zero attached hydrogens (tertiary/aromatic N) is 2. The van der Waals surface area contributed by atoms with Crippen LogP contribution in [0.5, 0.6) is 11.5 Å². The van der Waals surface area contributed by atoms with E-state index in [1.165, 1.54) is 60.4 Å². The molecule has 3 heteroatoms. The van der Waals surface area contributed by atoms with Gasteiger partial charge in [0, 0.05) is 50.1 Å². The third-order valence-electron chi connectivity index (χ3n) is 14.3. The Morgan fingerprint density at radius 1 is 0.385 bits per heavy atom. The van der Waals surface area contributed by atoms with E-state index in [1.54, 1.807) is 0 Å². The van der Waals surface area contributed by atoms with Gasteiger partial charge in [-0.1, -0.05) is 178 Å². The zero-order valence-electron chi connectivity index (χ0n) is 36.2. The van der Waals surface area contributed by atoms with Crippen LogP contribution < -0.4 is 9.64 Å². The molecule has 11 aromatic rings. The molecule has 2 heterocycles. The van der Waals surface area contributed by atoms with Crippen LogP contribution in [0.15, 0.2) is 231 Å². The fourth-order valence-corrected chi connectivity index (χ4v) is 11.4. The van der Waals surface area contributed by atoms with Crippen LogP contribution in [-0.4, -0.2) is 4.57 Å². The number of anilines is 3. The van der Waals surface area contributed by atoms with Crippen LogP contribution in [0.4, 0.5) is 17.1 Å². The molecule has 0 N–H and O–H groups in total. The number of aromatic nitrogens is 1. The Morgan fingerprint density at radius 2 is 1.00 bits per heavy atom. The monoisotopic (exact) mass is 832 g/mol. The van der Waals surface area contributed by atoms with Gasteiger partial charge >= 0.3 is 0 Å². The molecule has 1 aromatic heterocycles. The fourth-order valence-electron chi connectivity index (χ4n) is 11.4. The lowest BCUT2D eigenvalue weighted by atomic mass is 9.62. The van der Waals surface area contributed by atoms with Gasteiger partial charge in [-0.25, -0.2) is 0 Å². The Labute approximate surface area is 379 Å². The molecule has 2 aliphatic rings. The van der Waals surface area contributed by atoms with E-state index in [9.17, 15) is 0 Å². The molecule has 13 rings (SSSR count). The summed E-state index contributed by atoms with van der Waals surface area (Å²) in [5, 5.41) is 4.86. The van der Waals surface area contributed by atoms with Gasteiger partial charge in [0.25, 0.3) is 0 Å². The van der Waals surface area contributed by atoms with Gasteiger partial charge in [-0.3, -0.25) is 0 Å². The fraction of sp³-hybridized carbons (Fsp3) is 0.0645. The number of para-hydroxylation sites is 3. The number of hydrogen-bond acceptors (Lipinski definition) is 2. The molecule has 0 spiro atoms. The average molecular weight is 833 g/mol. The lowest BCUT2D eigenvalue weighted by molar-refractivity contribution is 0.435. The van der Waals surface area contributed by atoms with E-state index in [0.29, 0.717) is 0 Å². The standard InChI is InChI=1S/C62H44N2O/c1-61(2)52-27-13-11-25-48(52)49-35-32-45(38-55(49)61)64-57-30-15-12-26-50(57)51-36-33-46(40-58(51)64)63(43-22-7-4-8-23-43)44-34-37-60-56(39-44)62(42-20-5-3-6-21-42,54-28-14-16-31-59(54)65-60)53-29-17-19-41-18-9-10-24-47(41)53/h3-40H,1-2H3. The first kappa shape index (κ1) is 37.4. The van der Waals surface area contributed by atoms with Crippen LogP contribution in [0, 0.1) is 0 Å². The molecule has 0 saturated heterocycles. The van der Waals surface area contributed by atoms with E-state index >= 15 is 0 Å². The molecule has 308 valence electrons. The Bertz CT molecular complexity index is 3670. The van der Waals surface area contributed by atoms with Crippen molar-refractivity contribution in [1.29, 1.82) is 0 Å². The molecule has 0 saturated carbocycles. The number of ether oxygens (including phenoxy) is 1. The summed E-state index contributed by atoms with van der Waals surface area (Å²) >= 11 is 0. The number of hydrogen-bond donors (Lipinski definition) is 0. The smallest absolute Gasteiger partial charge is 0.132 e. The van der Waals surface area contributed by atoms with Crippen molar-refractivity contribution in [2.45, 2.75) is 24.7 Å². The Morgan fingerprint density at radius 3 is 1.86 bits per heavy atom. The molecule has 10 aromatic carbocycles. The van der Waals surface area contributed by atoms with Crippen molar-refractivity contribution < 1.29 is 4.74 Å². The normalized spacial score (nSPS) is 15.5. The van der Waals surface area contributed by atoms with Crippen LogP contribution in [0.3, 0.4) is 0 Å². The van der Waals surface area contributed by atoms with E-state index in [1.807, 2.05) is 0 Å². The van der Waals surface area contributed by atoms with Crippen LogP contribution in [0.25, 0.3) is 49.4 Å². The SMILES string of the molecule is CC1(C)c2ccccc2-c2ccc(-n3c4ccccc4c4ccc(N(c5ccccc5)c5ccc6c(c5)C(c5ccccc5)(c5cccc7ccccc57)c5ccccc5O6)cc43)cc21. The van der Waals surface area contributed by atoms with Crippen LogP contribution in [-0.2, 0) is 10.8 Å². The summed E-state index contributed by atoms with van der Waals surface area (Å²) < 4.78 is 9.40. The van der Waals surface area contributed by atoms with Crippen LogP contribution in [0.1, 0.15) is 47.2 Å². The molecule has 0 bridgehead atoms. The second-order valence-corrected chi connectivity index (χ2v) is 18.0. The zero-order valence-corrected chi connectivity index (χ0v) is 36.2. The van der Waals surface area contributed by atoms with Crippen molar-refractivity contribution in [3.63, 3.8) is 0 Å². The maximum atomic E-state index is 6.94. The zero-order chi connectivity index (χ0) is 43.3. The van der Waals surface area contributed by atoms with Crippen molar-refractivity contribution in [1.82, 2.24) is 4.57 Å². The molecular formula is C62H44N2O. The summed E-state index contributed by atoms with van der Waals surface area (Å²) in [6.45, 7) is 4.72. The third kappa shape index (κ3) is 5.42. The summed E-state index contributed by atoms with van der Waals surface area (Å²) in [6.07, 6.45) is 0. The first-order valence-corrected chi connectivity index (χ1v) is 22.6. The summed E-state index contributed by atoms with van der Waals surface area (Å²) in [6, 6.07) is 84.4.